The topological polar surface area (TPSA) is 38.1 Å². The fraction of sp³-hybridized carbons (Fsp3) is 0.400. The highest BCUT2D eigenvalue weighted by Gasteiger charge is 2.12. The fourth-order valence-electron chi connectivity index (χ4n) is 2.23. The van der Waals surface area contributed by atoms with Crippen molar-refractivity contribution in [2.24, 2.45) is 7.05 Å². The van der Waals surface area contributed by atoms with Crippen molar-refractivity contribution in [2.75, 3.05) is 6.61 Å². The van der Waals surface area contributed by atoms with E-state index in [4.69, 9.17) is 5.11 Å². The molecule has 0 atom stereocenters. The van der Waals surface area contributed by atoms with E-state index < -0.39 is 0 Å². The lowest BCUT2D eigenvalue weighted by molar-refractivity contribution is 0.295. The van der Waals surface area contributed by atoms with Crippen molar-refractivity contribution in [1.29, 1.82) is 0 Å². The Morgan fingerprint density at radius 3 is 2.68 bits per heavy atom. The number of aromatic nitrogens is 2. The van der Waals surface area contributed by atoms with Gasteiger partial charge in [0.2, 0.25) is 0 Å². The number of rotatable bonds is 4. The number of aliphatic hydroxyl groups excluding tert-OH is 1. The second-order valence-electron chi connectivity index (χ2n) is 4.84. The highest BCUT2D eigenvalue weighted by atomic mass is 79.9. The quantitative estimate of drug-likeness (QED) is 0.939. The summed E-state index contributed by atoms with van der Waals surface area (Å²) in [6.07, 6.45) is 1.45. The van der Waals surface area contributed by atoms with E-state index in [0.29, 0.717) is 6.42 Å². The number of nitrogens with zero attached hydrogens (tertiary/aromatic N) is 2. The van der Waals surface area contributed by atoms with Gasteiger partial charge in [0.25, 0.3) is 0 Å². The SMILES string of the molecule is Cc1cc(Br)ccc1Cc1nc(CCO)n(C)c1C. The first kappa shape index (κ1) is 14.3. The van der Waals surface area contributed by atoms with Gasteiger partial charge in [0.1, 0.15) is 5.82 Å². The van der Waals surface area contributed by atoms with Gasteiger partial charge in [-0.25, -0.2) is 4.98 Å². The molecule has 3 nitrogen and oxygen atoms in total. The third kappa shape index (κ3) is 3.07. The zero-order chi connectivity index (χ0) is 14.0. The molecule has 0 saturated carbocycles. The van der Waals surface area contributed by atoms with E-state index in [1.54, 1.807) is 0 Å². The number of hydrogen-bond donors (Lipinski definition) is 1. The lowest BCUT2D eigenvalue weighted by Crippen LogP contribution is -2.01. The molecule has 0 aliphatic rings. The van der Waals surface area contributed by atoms with Gasteiger partial charge >= 0.3 is 0 Å². The molecule has 0 spiro atoms. The van der Waals surface area contributed by atoms with Gasteiger partial charge in [0.05, 0.1) is 12.3 Å². The maximum absolute atomic E-state index is 9.05. The van der Waals surface area contributed by atoms with Crippen molar-refractivity contribution >= 4 is 15.9 Å². The van der Waals surface area contributed by atoms with E-state index in [1.165, 1.54) is 16.8 Å². The molecule has 1 N–H and O–H groups in total. The first-order chi connectivity index (χ1) is 9.02. The molecule has 1 heterocycles. The summed E-state index contributed by atoms with van der Waals surface area (Å²) in [5.41, 5.74) is 4.82. The Bertz CT molecular complexity index is 590. The summed E-state index contributed by atoms with van der Waals surface area (Å²) in [5.74, 6) is 0.949. The Morgan fingerprint density at radius 1 is 1.32 bits per heavy atom. The van der Waals surface area contributed by atoms with Gasteiger partial charge in [-0.05, 0) is 37.1 Å². The van der Waals surface area contributed by atoms with E-state index in [9.17, 15) is 0 Å². The van der Waals surface area contributed by atoms with Crippen LogP contribution in [0.1, 0.15) is 28.3 Å². The first-order valence-corrected chi connectivity index (χ1v) is 7.19. The Labute approximate surface area is 122 Å². The molecule has 0 radical (unpaired) electrons. The maximum atomic E-state index is 9.05. The predicted molar refractivity (Wildman–Crippen MR) is 80.4 cm³/mol. The summed E-state index contributed by atoms with van der Waals surface area (Å²) in [6.45, 7) is 4.34. The summed E-state index contributed by atoms with van der Waals surface area (Å²) in [7, 11) is 2.01. The van der Waals surface area contributed by atoms with Crippen LogP contribution in [0.3, 0.4) is 0 Å². The molecule has 2 rings (SSSR count). The summed E-state index contributed by atoms with van der Waals surface area (Å²) in [5, 5.41) is 9.05. The zero-order valence-electron chi connectivity index (χ0n) is 11.6. The third-order valence-electron chi connectivity index (χ3n) is 3.57. The van der Waals surface area contributed by atoms with Gasteiger partial charge in [-0.2, -0.15) is 0 Å². The van der Waals surface area contributed by atoms with Gasteiger partial charge in [-0.15, -0.1) is 0 Å². The Kier molecular flexibility index (Phi) is 4.42. The first-order valence-electron chi connectivity index (χ1n) is 6.40. The smallest absolute Gasteiger partial charge is 0.111 e. The van der Waals surface area contributed by atoms with Gasteiger partial charge in [0.15, 0.2) is 0 Å². The lowest BCUT2D eigenvalue weighted by Gasteiger charge is -2.05. The molecule has 19 heavy (non-hydrogen) atoms. The molecule has 0 aliphatic carbocycles. The second kappa shape index (κ2) is 5.88. The minimum atomic E-state index is 0.140. The largest absolute Gasteiger partial charge is 0.396 e. The van der Waals surface area contributed by atoms with E-state index >= 15 is 0 Å². The molecule has 0 unspecified atom stereocenters. The van der Waals surface area contributed by atoms with Crippen LogP contribution in [0, 0.1) is 13.8 Å². The number of hydrogen-bond acceptors (Lipinski definition) is 2. The van der Waals surface area contributed by atoms with Gasteiger partial charge < -0.3 is 9.67 Å². The molecule has 1 aromatic carbocycles. The summed E-state index contributed by atoms with van der Waals surface area (Å²) in [4.78, 5) is 4.65. The minimum absolute atomic E-state index is 0.140. The van der Waals surface area contributed by atoms with Crippen molar-refractivity contribution in [1.82, 2.24) is 9.55 Å². The standard InChI is InChI=1S/C15H19BrN2O/c1-10-8-13(16)5-4-12(10)9-14-11(2)18(3)15(17-14)6-7-19/h4-5,8,19H,6-7,9H2,1-3H3. The highest BCUT2D eigenvalue weighted by Crippen LogP contribution is 2.20. The van der Waals surface area contributed by atoms with E-state index in [0.717, 1.165) is 22.4 Å². The number of benzene rings is 1. The van der Waals surface area contributed by atoms with Crippen LogP contribution in [-0.2, 0) is 19.9 Å². The highest BCUT2D eigenvalue weighted by molar-refractivity contribution is 9.10. The van der Waals surface area contributed by atoms with Crippen LogP contribution in [-0.4, -0.2) is 21.3 Å². The minimum Gasteiger partial charge on any atom is -0.396 e. The molecular weight excluding hydrogens is 304 g/mol. The molecule has 102 valence electrons. The number of imidazole rings is 1. The number of aliphatic hydroxyl groups is 1. The van der Waals surface area contributed by atoms with Crippen molar-refractivity contribution in [3.8, 4) is 0 Å². The molecule has 0 bridgehead atoms. The summed E-state index contributed by atoms with van der Waals surface area (Å²) < 4.78 is 3.17. The van der Waals surface area contributed by atoms with Crippen molar-refractivity contribution in [2.45, 2.75) is 26.7 Å². The molecule has 2 aromatic rings. The zero-order valence-corrected chi connectivity index (χ0v) is 13.2. The number of aryl methyl sites for hydroxylation is 1. The van der Waals surface area contributed by atoms with Crippen LogP contribution in [0.4, 0.5) is 0 Å². The molecule has 0 fully saturated rings. The Morgan fingerprint density at radius 2 is 2.05 bits per heavy atom. The summed E-state index contributed by atoms with van der Waals surface area (Å²) >= 11 is 3.48. The molecule has 1 aromatic heterocycles. The Hall–Kier alpha value is -1.13. The van der Waals surface area contributed by atoms with Crippen molar-refractivity contribution in [3.63, 3.8) is 0 Å². The third-order valence-corrected chi connectivity index (χ3v) is 4.06. The van der Waals surface area contributed by atoms with Crippen LogP contribution >= 0.6 is 15.9 Å². The van der Waals surface area contributed by atoms with Gasteiger partial charge in [-0.3, -0.25) is 0 Å². The monoisotopic (exact) mass is 322 g/mol. The fourth-order valence-corrected chi connectivity index (χ4v) is 2.70. The van der Waals surface area contributed by atoms with E-state index in [2.05, 4.69) is 57.5 Å². The van der Waals surface area contributed by atoms with Crippen LogP contribution < -0.4 is 0 Å². The molecule has 0 aliphatic heterocycles. The summed E-state index contributed by atoms with van der Waals surface area (Å²) in [6, 6.07) is 6.33. The van der Waals surface area contributed by atoms with Crippen LogP contribution in [0.5, 0.6) is 0 Å². The van der Waals surface area contributed by atoms with Gasteiger partial charge in [0, 0.05) is 30.1 Å². The second-order valence-corrected chi connectivity index (χ2v) is 5.76. The van der Waals surface area contributed by atoms with Crippen molar-refractivity contribution < 1.29 is 5.11 Å². The van der Waals surface area contributed by atoms with Crippen molar-refractivity contribution in [3.05, 3.63) is 51.0 Å². The van der Waals surface area contributed by atoms with E-state index in [1.807, 2.05) is 7.05 Å². The van der Waals surface area contributed by atoms with E-state index in [-0.39, 0.29) is 6.61 Å². The molecular formula is C15H19BrN2O. The number of halogens is 1. The average Bonchev–Trinajstić information content (AvgIpc) is 2.62. The predicted octanol–water partition coefficient (Wildman–Crippen LogP) is 2.93. The normalized spacial score (nSPS) is 11.0. The molecule has 4 heteroatoms. The maximum Gasteiger partial charge on any atom is 0.111 e. The molecule has 0 saturated heterocycles. The average molecular weight is 323 g/mol. The lowest BCUT2D eigenvalue weighted by atomic mass is 10.0. The van der Waals surface area contributed by atoms with Gasteiger partial charge in [-0.1, -0.05) is 22.0 Å². The molecule has 0 amide bonds. The van der Waals surface area contributed by atoms with Crippen LogP contribution in [0.15, 0.2) is 22.7 Å². The Balaban J connectivity index is 2.30. The van der Waals surface area contributed by atoms with Crippen LogP contribution in [0.2, 0.25) is 0 Å². The van der Waals surface area contributed by atoms with Crippen LogP contribution in [0.25, 0.3) is 0 Å².